The van der Waals surface area contributed by atoms with E-state index in [1.165, 1.54) is 15.9 Å². The number of hydrogen-bond donors (Lipinski definition) is 0. The van der Waals surface area contributed by atoms with Gasteiger partial charge in [-0.2, -0.15) is 0 Å². The SMILES string of the molecule is C[C@H]1[C@H](OC(=O)CCC(=O)OCCC[P+](c2ccccc2)(c2ccccc2)c2ccccc2)O[C@@H]2O[C@@]3(C)CC[C@H]4[C@H](C)CC[C@@H]1[C@@]24OO3.[Br-]. The highest BCUT2D eigenvalue weighted by Crippen LogP contribution is 2.61. The summed E-state index contributed by atoms with van der Waals surface area (Å²) in [5.74, 6) is -1.20. The summed E-state index contributed by atoms with van der Waals surface area (Å²) in [4.78, 5) is 38.0. The fraction of sp³-hybridized carbons (Fsp3) is 0.500. The molecule has 5 aliphatic rings. The molecular weight excluding hydrogens is 719 g/mol. The van der Waals surface area contributed by atoms with Crippen LogP contribution in [0.2, 0.25) is 0 Å². The number of halogens is 1. The van der Waals surface area contributed by atoms with E-state index in [2.05, 4.69) is 79.7 Å². The highest BCUT2D eigenvalue weighted by Gasteiger charge is 2.69. The number of benzene rings is 3. The van der Waals surface area contributed by atoms with Crippen LogP contribution in [0.25, 0.3) is 0 Å². The minimum Gasteiger partial charge on any atom is -1.00 e. The number of rotatable bonds is 11. The summed E-state index contributed by atoms with van der Waals surface area (Å²) in [6.07, 6.45) is 3.51. The molecule has 0 amide bonds. The standard InChI is InChI=1S/C40H48O8P.BrH/c1-28-20-21-34-29(2)37(45-38-40(34)33(28)24-25-39(3,46-38)47-48-40)44-36(42)23-22-35(41)43-26-13-27-49(30-14-7-4-8-15-30,31-16-9-5-10-17-31)32-18-11-6-12-19-32;/h4-12,14-19,28-29,33-34,37-38H,13,20-27H2,1-3H3;1H/q+1;/p-1/t28-,29-,33+,34+,37-,38-,39-,40-;/m1./s1. The molecule has 3 aromatic carbocycles. The van der Waals surface area contributed by atoms with E-state index in [-0.39, 0.29) is 54.2 Å². The van der Waals surface area contributed by atoms with Gasteiger partial charge in [-0.1, -0.05) is 68.4 Å². The molecule has 1 aliphatic carbocycles. The van der Waals surface area contributed by atoms with E-state index in [1.54, 1.807) is 0 Å². The Bertz CT molecular complexity index is 1500. The lowest BCUT2D eigenvalue weighted by atomic mass is 9.58. The largest absolute Gasteiger partial charge is 1.00 e. The van der Waals surface area contributed by atoms with Crippen LogP contribution in [-0.4, -0.2) is 48.7 Å². The first-order valence-corrected chi connectivity index (χ1v) is 19.8. The summed E-state index contributed by atoms with van der Waals surface area (Å²) in [6.45, 7) is 6.45. The van der Waals surface area contributed by atoms with Gasteiger partial charge in [0, 0.05) is 24.7 Å². The average molecular weight is 768 g/mol. The van der Waals surface area contributed by atoms with Gasteiger partial charge in [0.1, 0.15) is 23.2 Å². The van der Waals surface area contributed by atoms with E-state index >= 15 is 0 Å². The Balaban J connectivity index is 0.00000432. The van der Waals surface area contributed by atoms with E-state index in [0.717, 1.165) is 25.4 Å². The molecule has 8 rings (SSSR count). The van der Waals surface area contributed by atoms with Crippen LogP contribution in [0, 0.1) is 23.7 Å². The molecule has 0 aromatic heterocycles. The predicted molar refractivity (Wildman–Crippen MR) is 188 cm³/mol. The van der Waals surface area contributed by atoms with Gasteiger partial charge < -0.3 is 35.9 Å². The van der Waals surface area contributed by atoms with Crippen molar-refractivity contribution >= 4 is 35.1 Å². The first-order chi connectivity index (χ1) is 23.7. The molecule has 4 saturated heterocycles. The lowest BCUT2D eigenvalue weighted by Gasteiger charge is -2.59. The Labute approximate surface area is 306 Å². The van der Waals surface area contributed by atoms with Gasteiger partial charge in [-0.05, 0) is 74.4 Å². The summed E-state index contributed by atoms with van der Waals surface area (Å²) in [6, 6.07) is 32.0. The second-order valence-electron chi connectivity index (χ2n) is 14.4. The Kier molecular flexibility index (Phi) is 11.5. The molecule has 2 bridgehead atoms. The van der Waals surface area contributed by atoms with Gasteiger partial charge in [-0.3, -0.25) is 9.59 Å². The monoisotopic (exact) mass is 766 g/mol. The second kappa shape index (κ2) is 15.5. The lowest BCUT2D eigenvalue weighted by Crippen LogP contribution is -3.00. The van der Waals surface area contributed by atoms with Crippen molar-refractivity contribution in [1.29, 1.82) is 0 Å². The third-order valence-electron chi connectivity index (χ3n) is 11.4. The maximum atomic E-state index is 13.1. The summed E-state index contributed by atoms with van der Waals surface area (Å²) in [5, 5.41) is 3.88. The van der Waals surface area contributed by atoms with Crippen molar-refractivity contribution in [3.63, 3.8) is 0 Å². The maximum absolute atomic E-state index is 13.1. The second-order valence-corrected chi connectivity index (χ2v) is 18.0. The number of carbonyl (C=O) groups is 2. The van der Waals surface area contributed by atoms with Crippen LogP contribution in [0.1, 0.15) is 65.7 Å². The zero-order valence-electron chi connectivity index (χ0n) is 29.1. The molecule has 5 fully saturated rings. The highest BCUT2D eigenvalue weighted by molar-refractivity contribution is 7.95. The zero-order valence-corrected chi connectivity index (χ0v) is 31.6. The van der Waals surface area contributed by atoms with Crippen molar-refractivity contribution in [3.05, 3.63) is 91.0 Å². The van der Waals surface area contributed by atoms with Crippen molar-refractivity contribution in [2.45, 2.75) is 89.7 Å². The molecule has 8 nitrogen and oxygen atoms in total. The van der Waals surface area contributed by atoms with Crippen molar-refractivity contribution in [3.8, 4) is 0 Å². The average Bonchev–Trinajstić information content (AvgIpc) is 3.36. The van der Waals surface area contributed by atoms with Crippen LogP contribution in [0.4, 0.5) is 0 Å². The molecule has 4 heterocycles. The summed E-state index contributed by atoms with van der Waals surface area (Å²) >= 11 is 0. The maximum Gasteiger partial charge on any atom is 0.308 e. The minimum absolute atomic E-state index is 0. The molecule has 10 heteroatoms. The summed E-state index contributed by atoms with van der Waals surface area (Å²) < 4.78 is 24.3. The highest BCUT2D eigenvalue weighted by atomic mass is 79.9. The molecule has 4 aliphatic heterocycles. The number of carbonyl (C=O) groups excluding carboxylic acids is 2. The molecule has 8 atom stereocenters. The smallest absolute Gasteiger partial charge is 0.308 e. The van der Waals surface area contributed by atoms with E-state index in [4.69, 9.17) is 28.7 Å². The fourth-order valence-electron chi connectivity index (χ4n) is 8.84. The van der Waals surface area contributed by atoms with Crippen molar-refractivity contribution in [1.82, 2.24) is 0 Å². The van der Waals surface area contributed by atoms with Gasteiger partial charge >= 0.3 is 11.9 Å². The predicted octanol–water partition coefficient (Wildman–Crippen LogP) is 3.45. The van der Waals surface area contributed by atoms with Gasteiger partial charge in [0.05, 0.1) is 25.6 Å². The fourth-order valence-corrected chi connectivity index (χ4v) is 13.2. The Hall–Kier alpha value is -2.65. The van der Waals surface area contributed by atoms with Crippen LogP contribution >= 0.6 is 7.26 Å². The topological polar surface area (TPSA) is 89.5 Å². The van der Waals surface area contributed by atoms with Gasteiger partial charge in [0.15, 0.2) is 11.9 Å². The quantitative estimate of drug-likeness (QED) is 0.127. The van der Waals surface area contributed by atoms with Gasteiger partial charge in [0.2, 0.25) is 12.1 Å². The molecule has 0 radical (unpaired) electrons. The van der Waals surface area contributed by atoms with Gasteiger partial charge in [-0.15, -0.1) is 0 Å². The number of ether oxygens (including phenoxy) is 4. The number of esters is 2. The molecule has 0 N–H and O–H groups in total. The van der Waals surface area contributed by atoms with Crippen LogP contribution in [0.3, 0.4) is 0 Å². The Morgan fingerprint density at radius 2 is 1.36 bits per heavy atom. The van der Waals surface area contributed by atoms with Crippen molar-refractivity contribution in [2.24, 2.45) is 23.7 Å². The molecule has 268 valence electrons. The molecular formula is C40H48BrO8P. The van der Waals surface area contributed by atoms with Crippen LogP contribution in [-0.2, 0) is 38.3 Å². The van der Waals surface area contributed by atoms with Crippen molar-refractivity contribution < 1.29 is 55.3 Å². The third kappa shape index (κ3) is 6.94. The molecule has 1 spiro atoms. The third-order valence-corrected chi connectivity index (χ3v) is 15.9. The molecule has 3 aromatic rings. The van der Waals surface area contributed by atoms with Crippen LogP contribution in [0.5, 0.6) is 0 Å². The first-order valence-electron chi connectivity index (χ1n) is 17.9. The first kappa shape index (κ1) is 37.1. The van der Waals surface area contributed by atoms with Gasteiger partial charge in [-0.25, -0.2) is 9.78 Å². The van der Waals surface area contributed by atoms with Crippen molar-refractivity contribution in [2.75, 3.05) is 12.8 Å². The molecule has 50 heavy (non-hydrogen) atoms. The van der Waals surface area contributed by atoms with Crippen LogP contribution in [0.15, 0.2) is 91.0 Å². The van der Waals surface area contributed by atoms with Crippen LogP contribution < -0.4 is 32.9 Å². The zero-order chi connectivity index (χ0) is 34.1. The Morgan fingerprint density at radius 3 is 1.96 bits per heavy atom. The minimum atomic E-state index is -2.01. The lowest BCUT2D eigenvalue weighted by molar-refractivity contribution is -0.576. The van der Waals surface area contributed by atoms with E-state index in [9.17, 15) is 9.59 Å². The molecule has 1 saturated carbocycles. The van der Waals surface area contributed by atoms with Gasteiger partial charge in [0.25, 0.3) is 0 Å². The number of hydrogen-bond acceptors (Lipinski definition) is 8. The van der Waals surface area contributed by atoms with E-state index < -0.39 is 43.2 Å². The summed E-state index contributed by atoms with van der Waals surface area (Å²) in [5.41, 5.74) is -0.721. The molecule has 0 unspecified atom stereocenters. The Morgan fingerprint density at radius 1 is 0.780 bits per heavy atom. The van der Waals surface area contributed by atoms with E-state index in [0.29, 0.717) is 18.8 Å². The normalized spacial score (nSPS) is 31.4. The van der Waals surface area contributed by atoms with E-state index in [1.807, 2.05) is 32.0 Å². The number of fused-ring (bicyclic) bond motifs is 2. The summed E-state index contributed by atoms with van der Waals surface area (Å²) in [7, 11) is -2.01.